The molecule has 0 saturated heterocycles. The predicted octanol–water partition coefficient (Wildman–Crippen LogP) is 3.34. The summed E-state index contributed by atoms with van der Waals surface area (Å²) in [6, 6.07) is 15.4. The van der Waals surface area contributed by atoms with Crippen molar-refractivity contribution >= 4 is 23.2 Å². The minimum atomic E-state index is -1.18. The Bertz CT molecular complexity index is 763. The fourth-order valence-corrected chi connectivity index (χ4v) is 2.34. The maximum Gasteiger partial charge on any atom is 0.239 e. The Morgan fingerprint density at radius 2 is 1.50 bits per heavy atom. The van der Waals surface area contributed by atoms with Crippen molar-refractivity contribution in [2.45, 2.75) is 27.3 Å². The van der Waals surface area contributed by atoms with Crippen molar-refractivity contribution in [1.29, 1.82) is 0 Å². The Kier molecular flexibility index (Phi) is 6.03. The summed E-state index contributed by atoms with van der Waals surface area (Å²) in [4.78, 5) is 27.0. The molecule has 0 radical (unpaired) electrons. The Morgan fingerprint density at radius 1 is 0.923 bits per heavy atom. The van der Waals surface area contributed by atoms with Crippen molar-refractivity contribution in [3.05, 3.63) is 59.7 Å². The highest BCUT2D eigenvalue weighted by atomic mass is 16.2. The molecule has 0 bridgehead atoms. The summed E-state index contributed by atoms with van der Waals surface area (Å²) in [5, 5.41) is 5.66. The largest absolute Gasteiger partial charge is 0.378 e. The first-order chi connectivity index (χ1) is 12.2. The van der Waals surface area contributed by atoms with Crippen LogP contribution < -0.4 is 15.5 Å². The van der Waals surface area contributed by atoms with E-state index in [1.54, 1.807) is 13.8 Å². The monoisotopic (exact) mass is 353 g/mol. The Balaban J connectivity index is 1.96. The molecule has 0 spiro atoms. The number of amides is 2. The van der Waals surface area contributed by atoms with Gasteiger partial charge in [-0.1, -0.05) is 29.8 Å². The number of nitrogens with zero attached hydrogens (tertiary/aromatic N) is 1. The van der Waals surface area contributed by atoms with Crippen LogP contribution in [-0.2, 0) is 16.1 Å². The third kappa shape index (κ3) is 4.85. The van der Waals surface area contributed by atoms with Crippen LogP contribution in [0.25, 0.3) is 0 Å². The third-order valence-corrected chi connectivity index (χ3v) is 4.35. The molecule has 0 aliphatic rings. The van der Waals surface area contributed by atoms with Crippen LogP contribution in [0, 0.1) is 12.3 Å². The van der Waals surface area contributed by atoms with Gasteiger partial charge in [0.1, 0.15) is 5.41 Å². The Hall–Kier alpha value is -2.82. The molecule has 138 valence electrons. The zero-order valence-corrected chi connectivity index (χ0v) is 16.1. The molecular formula is C21H27N3O2. The minimum absolute atomic E-state index is 0.305. The standard InChI is InChI=1S/C21H27N3O2/c1-15-6-8-16(9-7-15)14-22-19(25)21(2,3)20(26)23-17-10-12-18(13-11-17)24(4)5/h6-13H,14H2,1-5H3,(H,22,25)(H,23,26). The molecule has 2 rings (SSSR count). The molecule has 0 fully saturated rings. The number of benzene rings is 2. The van der Waals surface area contributed by atoms with Gasteiger partial charge in [-0.2, -0.15) is 0 Å². The van der Waals surface area contributed by atoms with Gasteiger partial charge in [0.05, 0.1) is 0 Å². The molecule has 26 heavy (non-hydrogen) atoms. The first kappa shape index (κ1) is 19.5. The van der Waals surface area contributed by atoms with Gasteiger partial charge >= 0.3 is 0 Å². The quantitative estimate of drug-likeness (QED) is 0.783. The van der Waals surface area contributed by atoms with E-state index in [4.69, 9.17) is 0 Å². The van der Waals surface area contributed by atoms with Crippen LogP contribution in [0.4, 0.5) is 11.4 Å². The number of nitrogens with one attached hydrogen (secondary N) is 2. The zero-order chi connectivity index (χ0) is 19.3. The second-order valence-corrected chi connectivity index (χ2v) is 7.19. The summed E-state index contributed by atoms with van der Waals surface area (Å²) in [6.45, 7) is 5.66. The molecule has 2 aromatic carbocycles. The van der Waals surface area contributed by atoms with Crippen molar-refractivity contribution in [2.24, 2.45) is 5.41 Å². The van der Waals surface area contributed by atoms with Gasteiger partial charge in [0.2, 0.25) is 11.8 Å². The van der Waals surface area contributed by atoms with Gasteiger partial charge in [-0.25, -0.2) is 0 Å². The molecule has 0 saturated carbocycles. The first-order valence-corrected chi connectivity index (χ1v) is 8.63. The van der Waals surface area contributed by atoms with Crippen LogP contribution in [0.2, 0.25) is 0 Å². The van der Waals surface area contributed by atoms with Crippen LogP contribution in [0.3, 0.4) is 0 Å². The highest BCUT2D eigenvalue weighted by Gasteiger charge is 2.35. The fraction of sp³-hybridized carbons (Fsp3) is 0.333. The van der Waals surface area contributed by atoms with Crippen molar-refractivity contribution in [3.8, 4) is 0 Å². The molecule has 5 nitrogen and oxygen atoms in total. The van der Waals surface area contributed by atoms with Crippen LogP contribution in [0.5, 0.6) is 0 Å². The average Bonchev–Trinajstić information content (AvgIpc) is 2.61. The van der Waals surface area contributed by atoms with Crippen molar-refractivity contribution in [3.63, 3.8) is 0 Å². The number of anilines is 2. The van der Waals surface area contributed by atoms with E-state index in [1.165, 1.54) is 5.56 Å². The average molecular weight is 353 g/mol. The van der Waals surface area contributed by atoms with E-state index >= 15 is 0 Å². The van der Waals surface area contributed by atoms with E-state index in [9.17, 15) is 9.59 Å². The van der Waals surface area contributed by atoms with Crippen molar-refractivity contribution in [1.82, 2.24) is 5.32 Å². The number of carbonyl (C=O) groups excluding carboxylic acids is 2. The zero-order valence-electron chi connectivity index (χ0n) is 16.1. The second-order valence-electron chi connectivity index (χ2n) is 7.19. The lowest BCUT2D eigenvalue weighted by atomic mass is 9.90. The smallest absolute Gasteiger partial charge is 0.239 e. The number of aryl methyl sites for hydroxylation is 1. The van der Waals surface area contributed by atoms with Crippen molar-refractivity contribution < 1.29 is 9.59 Å². The van der Waals surface area contributed by atoms with Crippen LogP contribution in [0.15, 0.2) is 48.5 Å². The maximum absolute atomic E-state index is 12.6. The number of rotatable bonds is 6. The first-order valence-electron chi connectivity index (χ1n) is 8.63. The predicted molar refractivity (Wildman–Crippen MR) is 106 cm³/mol. The third-order valence-electron chi connectivity index (χ3n) is 4.35. The van der Waals surface area contributed by atoms with Crippen LogP contribution in [0.1, 0.15) is 25.0 Å². The summed E-state index contributed by atoms with van der Waals surface area (Å²) >= 11 is 0. The van der Waals surface area contributed by atoms with E-state index in [2.05, 4.69) is 10.6 Å². The Morgan fingerprint density at radius 3 is 2.04 bits per heavy atom. The van der Waals surface area contributed by atoms with E-state index in [1.807, 2.05) is 74.4 Å². The lowest BCUT2D eigenvalue weighted by molar-refractivity contribution is -0.138. The molecule has 0 atom stereocenters. The van der Waals surface area contributed by atoms with Gasteiger partial charge in [-0.3, -0.25) is 9.59 Å². The van der Waals surface area contributed by atoms with Crippen LogP contribution >= 0.6 is 0 Å². The number of hydrogen-bond acceptors (Lipinski definition) is 3. The van der Waals surface area contributed by atoms with Gasteiger partial charge in [-0.15, -0.1) is 0 Å². The SMILES string of the molecule is Cc1ccc(CNC(=O)C(C)(C)C(=O)Nc2ccc(N(C)C)cc2)cc1. The summed E-state index contributed by atoms with van der Waals surface area (Å²) in [6.07, 6.45) is 0. The number of carbonyl (C=O) groups is 2. The molecule has 0 aromatic heterocycles. The summed E-state index contributed by atoms with van der Waals surface area (Å²) < 4.78 is 0. The highest BCUT2D eigenvalue weighted by Crippen LogP contribution is 2.21. The lowest BCUT2D eigenvalue weighted by Gasteiger charge is -2.23. The molecular weight excluding hydrogens is 326 g/mol. The minimum Gasteiger partial charge on any atom is -0.378 e. The van der Waals surface area contributed by atoms with Crippen LogP contribution in [-0.4, -0.2) is 25.9 Å². The van der Waals surface area contributed by atoms with Gasteiger partial charge in [0, 0.05) is 32.0 Å². The van der Waals surface area contributed by atoms with Gasteiger partial charge in [0.15, 0.2) is 0 Å². The molecule has 0 aliphatic heterocycles. The van der Waals surface area contributed by atoms with E-state index in [0.717, 1.165) is 11.3 Å². The molecule has 0 unspecified atom stereocenters. The summed E-state index contributed by atoms with van der Waals surface area (Å²) in [7, 11) is 3.91. The molecule has 2 aromatic rings. The molecule has 0 aliphatic carbocycles. The van der Waals surface area contributed by atoms with E-state index in [0.29, 0.717) is 12.2 Å². The Labute approximate surface area is 155 Å². The fourth-order valence-electron chi connectivity index (χ4n) is 2.34. The normalized spacial score (nSPS) is 11.0. The van der Waals surface area contributed by atoms with E-state index < -0.39 is 5.41 Å². The van der Waals surface area contributed by atoms with E-state index in [-0.39, 0.29) is 11.8 Å². The van der Waals surface area contributed by atoms with Gasteiger partial charge < -0.3 is 15.5 Å². The molecule has 0 heterocycles. The number of hydrogen-bond donors (Lipinski definition) is 2. The molecule has 2 N–H and O–H groups in total. The lowest BCUT2D eigenvalue weighted by Crippen LogP contribution is -2.44. The maximum atomic E-state index is 12.6. The second kappa shape index (κ2) is 8.04. The molecule has 5 heteroatoms. The van der Waals surface area contributed by atoms with Gasteiger partial charge in [-0.05, 0) is 50.6 Å². The topological polar surface area (TPSA) is 61.4 Å². The highest BCUT2D eigenvalue weighted by molar-refractivity contribution is 6.09. The summed E-state index contributed by atoms with van der Waals surface area (Å²) in [5.41, 5.74) is 2.70. The van der Waals surface area contributed by atoms with Crippen molar-refractivity contribution in [2.75, 3.05) is 24.3 Å². The van der Waals surface area contributed by atoms with Gasteiger partial charge in [0.25, 0.3) is 0 Å². The summed E-state index contributed by atoms with van der Waals surface area (Å²) in [5.74, 6) is -0.642. The molecule has 2 amide bonds.